The van der Waals surface area contributed by atoms with E-state index in [-0.39, 0.29) is 6.54 Å². The number of alkyl halides is 3. The zero-order valence-corrected chi connectivity index (χ0v) is 15.0. The first-order valence-corrected chi connectivity index (χ1v) is 8.66. The Kier molecular flexibility index (Phi) is 5.99. The molecule has 1 aromatic heterocycles. The van der Waals surface area contributed by atoms with Crippen LogP contribution in [0, 0.1) is 11.8 Å². The highest BCUT2D eigenvalue weighted by molar-refractivity contribution is 5.78. The van der Waals surface area contributed by atoms with Gasteiger partial charge in [-0.25, -0.2) is 15.0 Å². The Morgan fingerprint density at radius 3 is 2.50 bits per heavy atom. The summed E-state index contributed by atoms with van der Waals surface area (Å²) in [6.45, 7) is 2.90. The minimum Gasteiger partial charge on any atom is -0.370 e. The van der Waals surface area contributed by atoms with Gasteiger partial charge in [0.1, 0.15) is 6.54 Å². The van der Waals surface area contributed by atoms with E-state index >= 15 is 0 Å². The average molecular weight is 388 g/mol. The third-order valence-electron chi connectivity index (χ3n) is 4.18. The van der Waals surface area contributed by atoms with E-state index < -0.39 is 11.7 Å². The molecule has 0 saturated carbocycles. The van der Waals surface area contributed by atoms with Gasteiger partial charge in [-0.2, -0.15) is 13.2 Å². The fourth-order valence-corrected chi connectivity index (χ4v) is 2.73. The maximum absolute atomic E-state index is 12.7. The molecule has 0 unspecified atom stereocenters. The molecule has 146 valence electrons. The summed E-state index contributed by atoms with van der Waals surface area (Å²) in [6, 6.07) is 6.66. The second kappa shape index (κ2) is 8.61. The van der Waals surface area contributed by atoms with Crippen LogP contribution in [-0.2, 0) is 6.18 Å². The van der Waals surface area contributed by atoms with E-state index in [2.05, 4.69) is 31.7 Å². The lowest BCUT2D eigenvalue weighted by atomic mass is 10.1. The first-order valence-electron chi connectivity index (χ1n) is 8.66. The maximum atomic E-state index is 12.7. The molecule has 6 nitrogen and oxygen atoms in total. The molecule has 1 aliphatic rings. The molecule has 0 radical (unpaired) electrons. The predicted molar refractivity (Wildman–Crippen MR) is 101 cm³/mol. The van der Waals surface area contributed by atoms with Gasteiger partial charge in [-0.3, -0.25) is 0 Å². The van der Waals surface area contributed by atoms with Crippen molar-refractivity contribution in [2.75, 3.05) is 37.6 Å². The monoisotopic (exact) mass is 388 g/mol. The smallest absolute Gasteiger partial charge is 0.370 e. The zero-order valence-electron chi connectivity index (χ0n) is 15.0. The van der Waals surface area contributed by atoms with Gasteiger partial charge in [-0.1, -0.05) is 17.9 Å². The van der Waals surface area contributed by atoms with Crippen molar-refractivity contribution < 1.29 is 13.2 Å². The van der Waals surface area contributed by atoms with E-state index in [1.807, 2.05) is 4.90 Å². The van der Waals surface area contributed by atoms with Gasteiger partial charge in [0.2, 0.25) is 5.95 Å². The van der Waals surface area contributed by atoms with Gasteiger partial charge in [-0.15, -0.1) is 0 Å². The van der Waals surface area contributed by atoms with E-state index in [9.17, 15) is 13.2 Å². The van der Waals surface area contributed by atoms with E-state index in [1.165, 1.54) is 12.1 Å². The average Bonchev–Trinajstić information content (AvgIpc) is 2.71. The van der Waals surface area contributed by atoms with Crippen LogP contribution < -0.4 is 10.6 Å². The number of benzene rings is 1. The molecular formula is C19H19F3N6. The first kappa shape index (κ1) is 19.5. The summed E-state index contributed by atoms with van der Waals surface area (Å²) in [5.41, 5.74) is 5.57. The third-order valence-corrected chi connectivity index (χ3v) is 4.18. The Morgan fingerprint density at radius 1 is 1.11 bits per heavy atom. The fraction of sp³-hybridized carbons (Fsp3) is 0.316. The lowest BCUT2D eigenvalue weighted by molar-refractivity contribution is -0.137. The molecule has 1 aliphatic heterocycles. The maximum Gasteiger partial charge on any atom is 0.416 e. The van der Waals surface area contributed by atoms with E-state index in [0.29, 0.717) is 30.6 Å². The van der Waals surface area contributed by atoms with Gasteiger partial charge in [0.15, 0.2) is 5.96 Å². The molecule has 0 bridgehead atoms. The minimum atomic E-state index is -4.38. The quantitative estimate of drug-likeness (QED) is 0.484. The third kappa shape index (κ3) is 5.13. The summed E-state index contributed by atoms with van der Waals surface area (Å²) in [5, 5.41) is 0. The van der Waals surface area contributed by atoms with Crippen LogP contribution in [0.5, 0.6) is 0 Å². The van der Waals surface area contributed by atoms with Crippen LogP contribution in [0.2, 0.25) is 0 Å². The molecule has 2 N–H and O–H groups in total. The highest BCUT2D eigenvalue weighted by Crippen LogP contribution is 2.29. The molecule has 0 aliphatic carbocycles. The highest BCUT2D eigenvalue weighted by atomic mass is 19.4. The number of rotatable bonds is 2. The summed E-state index contributed by atoms with van der Waals surface area (Å²) in [4.78, 5) is 16.7. The topological polar surface area (TPSA) is 70.6 Å². The van der Waals surface area contributed by atoms with Gasteiger partial charge in [0.05, 0.1) is 5.56 Å². The number of anilines is 1. The van der Waals surface area contributed by atoms with Crippen LogP contribution in [0.25, 0.3) is 0 Å². The van der Waals surface area contributed by atoms with Gasteiger partial charge in [0.25, 0.3) is 0 Å². The van der Waals surface area contributed by atoms with Gasteiger partial charge >= 0.3 is 6.18 Å². The lowest BCUT2D eigenvalue weighted by Crippen LogP contribution is -2.51. The molecule has 28 heavy (non-hydrogen) atoms. The van der Waals surface area contributed by atoms with Crippen LogP contribution >= 0.6 is 0 Å². The molecule has 0 spiro atoms. The molecule has 2 heterocycles. The number of guanidine groups is 1. The number of nitrogens with zero attached hydrogens (tertiary/aromatic N) is 5. The van der Waals surface area contributed by atoms with Crippen molar-refractivity contribution in [1.29, 1.82) is 0 Å². The Morgan fingerprint density at radius 2 is 1.82 bits per heavy atom. The minimum absolute atomic E-state index is 0.115. The van der Waals surface area contributed by atoms with Crippen LogP contribution in [0.4, 0.5) is 19.1 Å². The first-order chi connectivity index (χ1) is 13.4. The summed E-state index contributed by atoms with van der Waals surface area (Å²) >= 11 is 0. The molecular weight excluding hydrogens is 369 g/mol. The predicted octanol–water partition coefficient (Wildman–Crippen LogP) is 1.98. The molecule has 2 aromatic rings. The Balaban J connectivity index is 1.53. The lowest BCUT2D eigenvalue weighted by Gasteiger charge is -2.35. The molecule has 1 aromatic carbocycles. The van der Waals surface area contributed by atoms with E-state index in [1.54, 1.807) is 18.5 Å². The fourth-order valence-electron chi connectivity index (χ4n) is 2.73. The second-order valence-corrected chi connectivity index (χ2v) is 6.08. The molecule has 9 heteroatoms. The van der Waals surface area contributed by atoms with E-state index in [0.717, 1.165) is 25.2 Å². The number of nitrogens with two attached hydrogens (primary N) is 1. The van der Waals surface area contributed by atoms with Crippen molar-refractivity contribution in [3.8, 4) is 11.8 Å². The molecule has 0 atom stereocenters. The highest BCUT2D eigenvalue weighted by Gasteiger charge is 2.30. The standard InChI is InChI=1S/C19H19F3N6/c20-19(21,22)16-6-1-4-15(14-16)5-2-7-24-17(23)27-10-12-28(13-11-27)18-25-8-3-9-26-18/h1,3-4,6,8-9,14H,7,10-13H2,(H2,23,24). The number of hydrogen-bond donors (Lipinski definition) is 1. The molecule has 3 rings (SSSR count). The number of piperazine rings is 1. The van der Waals surface area contributed by atoms with Crippen LogP contribution in [0.15, 0.2) is 47.7 Å². The Bertz CT molecular complexity index is 878. The van der Waals surface area contributed by atoms with Crippen LogP contribution in [0.3, 0.4) is 0 Å². The van der Waals surface area contributed by atoms with E-state index in [4.69, 9.17) is 5.73 Å². The summed E-state index contributed by atoms with van der Waals surface area (Å²) in [5.74, 6) is 6.48. The number of aliphatic imine (C=N–C) groups is 1. The normalized spacial score (nSPS) is 15.2. The molecule has 0 amide bonds. The largest absolute Gasteiger partial charge is 0.416 e. The van der Waals surface area contributed by atoms with Crippen molar-refractivity contribution in [2.45, 2.75) is 6.18 Å². The van der Waals surface area contributed by atoms with Gasteiger partial charge in [0, 0.05) is 44.1 Å². The van der Waals surface area contributed by atoms with Crippen molar-refractivity contribution in [3.63, 3.8) is 0 Å². The van der Waals surface area contributed by atoms with Gasteiger partial charge in [-0.05, 0) is 24.3 Å². The summed E-state index contributed by atoms with van der Waals surface area (Å²) in [6.07, 6.45) is -0.978. The SMILES string of the molecule is NC(=NCC#Cc1cccc(C(F)(F)F)c1)N1CCN(c2ncccn2)CC1. The summed E-state index contributed by atoms with van der Waals surface area (Å²) < 4.78 is 38.1. The van der Waals surface area contributed by atoms with Crippen LogP contribution in [-0.4, -0.2) is 53.6 Å². The Hall–Kier alpha value is -3.28. The summed E-state index contributed by atoms with van der Waals surface area (Å²) in [7, 11) is 0. The van der Waals surface area contributed by atoms with Crippen molar-refractivity contribution in [2.24, 2.45) is 10.7 Å². The molecule has 1 fully saturated rings. The second-order valence-electron chi connectivity index (χ2n) is 6.08. The van der Waals surface area contributed by atoms with Crippen molar-refractivity contribution in [3.05, 3.63) is 53.9 Å². The van der Waals surface area contributed by atoms with Crippen molar-refractivity contribution >= 4 is 11.9 Å². The Labute approximate surface area is 160 Å². The number of hydrogen-bond acceptors (Lipinski definition) is 4. The number of aromatic nitrogens is 2. The van der Waals surface area contributed by atoms with Gasteiger partial charge < -0.3 is 15.5 Å². The molecule has 1 saturated heterocycles. The number of halogens is 3. The van der Waals surface area contributed by atoms with Crippen LogP contribution in [0.1, 0.15) is 11.1 Å². The zero-order chi connectivity index (χ0) is 20.0. The van der Waals surface area contributed by atoms with Crippen molar-refractivity contribution in [1.82, 2.24) is 14.9 Å².